The predicted molar refractivity (Wildman–Crippen MR) is 120 cm³/mol. The quantitative estimate of drug-likeness (QED) is 0.682. The minimum Gasteiger partial charge on any atom is -0.450 e. The Balaban J connectivity index is 1.68. The van der Waals surface area contributed by atoms with E-state index in [2.05, 4.69) is 10.6 Å². The van der Waals surface area contributed by atoms with Crippen LogP contribution in [0.2, 0.25) is 0 Å². The molecule has 2 atom stereocenters. The van der Waals surface area contributed by atoms with Crippen molar-refractivity contribution in [2.24, 2.45) is 0 Å². The molecule has 1 aliphatic heterocycles. The van der Waals surface area contributed by atoms with Crippen LogP contribution >= 0.6 is 0 Å². The lowest BCUT2D eigenvalue weighted by Gasteiger charge is -2.34. The molecule has 1 fully saturated rings. The highest BCUT2D eigenvalue weighted by Crippen LogP contribution is 2.23. The summed E-state index contributed by atoms with van der Waals surface area (Å²) >= 11 is 0. The van der Waals surface area contributed by atoms with Crippen molar-refractivity contribution in [2.45, 2.75) is 37.9 Å². The molecule has 9 nitrogen and oxygen atoms in total. The van der Waals surface area contributed by atoms with Crippen LogP contribution in [-0.2, 0) is 19.5 Å². The number of nitrogens with zero attached hydrogens (tertiary/aromatic N) is 1. The average molecular weight is 462 g/mol. The highest BCUT2D eigenvalue weighted by atomic mass is 32.2. The van der Waals surface area contributed by atoms with Gasteiger partial charge in [-0.1, -0.05) is 6.07 Å². The van der Waals surface area contributed by atoms with Crippen molar-refractivity contribution in [3.8, 4) is 0 Å². The zero-order chi connectivity index (χ0) is 23.3. The Kier molecular flexibility index (Phi) is 7.49. The van der Waals surface area contributed by atoms with Crippen LogP contribution in [0.5, 0.6) is 0 Å². The minimum atomic E-state index is -3.66. The van der Waals surface area contributed by atoms with Crippen LogP contribution in [0.4, 0.5) is 16.2 Å². The van der Waals surface area contributed by atoms with Crippen molar-refractivity contribution in [3.05, 3.63) is 54.1 Å². The predicted octanol–water partition coefficient (Wildman–Crippen LogP) is 3.31. The summed E-state index contributed by atoms with van der Waals surface area (Å²) in [4.78, 5) is 24.3. The van der Waals surface area contributed by atoms with E-state index in [-0.39, 0.29) is 23.7 Å². The number of sulfonamides is 1. The Morgan fingerprint density at radius 2 is 1.69 bits per heavy atom. The van der Waals surface area contributed by atoms with Crippen LogP contribution in [0.15, 0.2) is 53.4 Å². The highest BCUT2D eigenvalue weighted by molar-refractivity contribution is 7.89. The number of benzene rings is 2. The molecule has 172 valence electrons. The van der Waals surface area contributed by atoms with E-state index in [1.54, 1.807) is 37.3 Å². The lowest BCUT2D eigenvalue weighted by atomic mass is 10.2. The fraction of sp³-hybridized carbons (Fsp3) is 0.364. The van der Waals surface area contributed by atoms with Gasteiger partial charge in [0.15, 0.2) is 0 Å². The number of anilines is 2. The van der Waals surface area contributed by atoms with Crippen LogP contribution < -0.4 is 10.6 Å². The van der Waals surface area contributed by atoms with Gasteiger partial charge in [0, 0.05) is 30.0 Å². The second kappa shape index (κ2) is 10.1. The monoisotopic (exact) mass is 461 g/mol. The van der Waals surface area contributed by atoms with Crippen LogP contribution in [0, 0.1) is 0 Å². The maximum absolute atomic E-state index is 12.9. The van der Waals surface area contributed by atoms with Crippen molar-refractivity contribution in [1.82, 2.24) is 4.31 Å². The molecule has 1 aliphatic rings. The molecular formula is C22H27N3O6S. The van der Waals surface area contributed by atoms with Crippen LogP contribution in [-0.4, -0.2) is 56.6 Å². The number of carbonyl (C=O) groups is 2. The molecule has 3 rings (SSSR count). The smallest absolute Gasteiger partial charge is 0.411 e. The van der Waals surface area contributed by atoms with E-state index in [0.717, 1.165) is 0 Å². The molecule has 2 N–H and O–H groups in total. The SMILES string of the molecule is CCOC(=O)Nc1cccc(C(=O)Nc2ccc(S(=O)(=O)N3C[C@@H](C)O[C@@H](C)C3)cc2)c1. The number of ether oxygens (including phenoxy) is 2. The van der Waals surface area contributed by atoms with Gasteiger partial charge in [-0.15, -0.1) is 0 Å². The summed E-state index contributed by atoms with van der Waals surface area (Å²) in [6.07, 6.45) is -0.965. The molecule has 0 bridgehead atoms. The second-order valence-electron chi connectivity index (χ2n) is 7.48. The molecule has 32 heavy (non-hydrogen) atoms. The molecule has 2 amide bonds. The maximum atomic E-state index is 12.9. The molecule has 1 heterocycles. The van der Waals surface area contributed by atoms with Gasteiger partial charge >= 0.3 is 6.09 Å². The second-order valence-corrected chi connectivity index (χ2v) is 9.42. The van der Waals surface area contributed by atoms with Gasteiger partial charge < -0.3 is 14.8 Å². The molecule has 1 saturated heterocycles. The van der Waals surface area contributed by atoms with Crippen molar-refractivity contribution >= 4 is 33.4 Å². The van der Waals surface area contributed by atoms with Crippen molar-refractivity contribution < 1.29 is 27.5 Å². The first kappa shape index (κ1) is 23.7. The molecule has 0 radical (unpaired) electrons. The number of hydrogen-bond donors (Lipinski definition) is 2. The summed E-state index contributed by atoms with van der Waals surface area (Å²) in [6.45, 7) is 6.20. The number of rotatable bonds is 6. The maximum Gasteiger partial charge on any atom is 0.411 e. The van der Waals surface area contributed by atoms with Gasteiger partial charge in [0.05, 0.1) is 23.7 Å². The topological polar surface area (TPSA) is 114 Å². The minimum absolute atomic E-state index is 0.150. The summed E-state index contributed by atoms with van der Waals surface area (Å²) in [6, 6.07) is 12.4. The first-order valence-corrected chi connectivity index (χ1v) is 11.7. The largest absolute Gasteiger partial charge is 0.450 e. The standard InChI is InChI=1S/C22H27N3O6S/c1-4-30-22(27)24-19-7-5-6-17(12-19)21(26)23-18-8-10-20(11-9-18)32(28,29)25-13-15(2)31-16(3)14-25/h5-12,15-16H,4,13-14H2,1-3H3,(H,23,26)(H,24,27)/t15-,16+. The molecule has 0 spiro atoms. The zero-order valence-electron chi connectivity index (χ0n) is 18.2. The van der Waals surface area contributed by atoms with E-state index in [9.17, 15) is 18.0 Å². The highest BCUT2D eigenvalue weighted by Gasteiger charge is 2.32. The van der Waals surface area contributed by atoms with Gasteiger partial charge in [-0.05, 0) is 63.2 Å². The fourth-order valence-corrected chi connectivity index (χ4v) is 5.00. The Labute approximate surface area is 187 Å². The zero-order valence-corrected chi connectivity index (χ0v) is 19.0. The van der Waals surface area contributed by atoms with Crippen LogP contribution in [0.3, 0.4) is 0 Å². The van der Waals surface area contributed by atoms with Gasteiger partial charge in [-0.3, -0.25) is 10.1 Å². The van der Waals surface area contributed by atoms with E-state index >= 15 is 0 Å². The van der Waals surface area contributed by atoms with Crippen molar-refractivity contribution in [1.29, 1.82) is 0 Å². The summed E-state index contributed by atoms with van der Waals surface area (Å²) in [5.41, 5.74) is 1.19. The summed E-state index contributed by atoms with van der Waals surface area (Å²) in [7, 11) is -3.66. The lowest BCUT2D eigenvalue weighted by molar-refractivity contribution is -0.0440. The molecular weight excluding hydrogens is 434 g/mol. The van der Waals surface area contributed by atoms with Gasteiger partial charge in [0.2, 0.25) is 10.0 Å². The first-order valence-electron chi connectivity index (χ1n) is 10.3. The summed E-state index contributed by atoms with van der Waals surface area (Å²) < 4.78 is 37.7. The van der Waals surface area contributed by atoms with Gasteiger partial charge in [-0.25, -0.2) is 13.2 Å². The molecule has 0 saturated carbocycles. The molecule has 10 heteroatoms. The summed E-state index contributed by atoms with van der Waals surface area (Å²) in [5, 5.41) is 5.27. The van der Waals surface area contributed by atoms with E-state index in [1.807, 2.05) is 13.8 Å². The van der Waals surface area contributed by atoms with Gasteiger partial charge in [-0.2, -0.15) is 4.31 Å². The molecule has 0 aliphatic carbocycles. The normalized spacial score (nSPS) is 19.2. The van der Waals surface area contributed by atoms with E-state index in [4.69, 9.17) is 9.47 Å². The Morgan fingerprint density at radius 3 is 2.31 bits per heavy atom. The Bertz CT molecular complexity index is 1060. The summed E-state index contributed by atoms with van der Waals surface area (Å²) in [5.74, 6) is -0.399. The third-order valence-corrected chi connectivity index (χ3v) is 6.63. The number of morpholine rings is 1. The molecule has 0 unspecified atom stereocenters. The van der Waals surface area contributed by atoms with Crippen molar-refractivity contribution in [3.63, 3.8) is 0 Å². The van der Waals surface area contributed by atoms with E-state index in [1.165, 1.54) is 22.5 Å². The van der Waals surface area contributed by atoms with E-state index < -0.39 is 22.0 Å². The molecule has 2 aromatic rings. The number of amides is 2. The van der Waals surface area contributed by atoms with Crippen molar-refractivity contribution in [2.75, 3.05) is 30.3 Å². The van der Waals surface area contributed by atoms with Gasteiger partial charge in [0.1, 0.15) is 0 Å². The third kappa shape index (κ3) is 5.84. The van der Waals surface area contributed by atoms with Gasteiger partial charge in [0.25, 0.3) is 5.91 Å². The molecule has 2 aromatic carbocycles. The number of nitrogens with one attached hydrogen (secondary N) is 2. The first-order chi connectivity index (χ1) is 15.2. The third-order valence-electron chi connectivity index (χ3n) is 4.78. The fourth-order valence-electron chi connectivity index (χ4n) is 3.41. The Hall–Kier alpha value is -2.95. The Morgan fingerprint density at radius 1 is 1.03 bits per heavy atom. The van der Waals surface area contributed by atoms with Crippen LogP contribution in [0.1, 0.15) is 31.1 Å². The number of hydrogen-bond acceptors (Lipinski definition) is 6. The van der Waals surface area contributed by atoms with E-state index in [0.29, 0.717) is 30.0 Å². The van der Waals surface area contributed by atoms with Crippen LogP contribution in [0.25, 0.3) is 0 Å². The average Bonchev–Trinajstić information content (AvgIpc) is 2.74. The molecule has 0 aromatic heterocycles. The lowest BCUT2D eigenvalue weighted by Crippen LogP contribution is -2.48. The number of carbonyl (C=O) groups excluding carboxylic acids is 2.